The van der Waals surface area contributed by atoms with E-state index >= 15 is 0 Å². The molecule has 23 rings (SSSR count). The lowest BCUT2D eigenvalue weighted by Crippen LogP contribution is -2.15. The molecular formula is C113H82N6. The van der Waals surface area contributed by atoms with Gasteiger partial charge in [-0.1, -0.05) is 363 Å². The first-order valence-electron chi connectivity index (χ1n) is 41.5. The molecule has 0 unspecified atom stereocenters. The van der Waals surface area contributed by atoms with Gasteiger partial charge in [0.05, 0.1) is 0 Å². The Morgan fingerprint density at radius 2 is 0.454 bits per heavy atom. The summed E-state index contributed by atoms with van der Waals surface area (Å²) in [5, 5.41) is 0. The SMILES string of the molecule is CC1(C)c2ccccc2-c2ccc(-c3cc(-c4ccc5c(c4)C(C)(C)c4ccccc4-5)c4c(c3)-c3cccc(-c5cccc(-c6nc(-c7ccccc7)nc(-c7ccccc7)n6)c5)c3C4)cc21.CC1(C)c2ccccc2-c2ccc(-c3cccc4c3Cc3cccc(-c5cccc(-c6nc(-c7ccccc7)nc(-c7ccccc7)n6)c5)c3-4)cc21. The number of aromatic nitrogens is 6. The lowest BCUT2D eigenvalue weighted by Gasteiger charge is -2.23. The van der Waals surface area contributed by atoms with E-state index in [2.05, 4.69) is 308 Å². The quantitative estimate of drug-likeness (QED) is 0.128. The van der Waals surface area contributed by atoms with Gasteiger partial charge < -0.3 is 0 Å². The summed E-state index contributed by atoms with van der Waals surface area (Å²) >= 11 is 0. The van der Waals surface area contributed by atoms with Crippen LogP contribution >= 0.6 is 0 Å². The van der Waals surface area contributed by atoms with Crippen molar-refractivity contribution >= 4 is 0 Å². The van der Waals surface area contributed by atoms with Gasteiger partial charge in [0.2, 0.25) is 0 Å². The van der Waals surface area contributed by atoms with E-state index < -0.39 is 0 Å². The summed E-state index contributed by atoms with van der Waals surface area (Å²) in [7, 11) is 0. The smallest absolute Gasteiger partial charge is 0.164 e. The second-order valence-corrected chi connectivity index (χ2v) is 33.9. The molecule has 564 valence electrons. The number of hydrogen-bond donors (Lipinski definition) is 0. The molecule has 0 bridgehead atoms. The summed E-state index contributed by atoms with van der Waals surface area (Å²) in [6, 6.07) is 132. The van der Waals surface area contributed by atoms with Crippen LogP contribution in [0.4, 0.5) is 0 Å². The summed E-state index contributed by atoms with van der Waals surface area (Å²) in [5.41, 5.74) is 45.1. The Bertz CT molecular complexity index is 7060. The molecule has 0 aliphatic heterocycles. The molecule has 0 radical (unpaired) electrons. The first-order valence-corrected chi connectivity index (χ1v) is 41.5. The summed E-state index contributed by atoms with van der Waals surface area (Å²) < 4.78 is 0. The summed E-state index contributed by atoms with van der Waals surface area (Å²) in [6.07, 6.45) is 1.74. The third-order valence-electron chi connectivity index (χ3n) is 26.0. The largest absolute Gasteiger partial charge is 0.208 e. The molecule has 119 heavy (non-hydrogen) atoms. The maximum atomic E-state index is 5.09. The highest BCUT2D eigenvalue weighted by Gasteiger charge is 2.40. The second kappa shape index (κ2) is 27.9. The fraction of sp³-hybridized carbons (Fsp3) is 0.0973. The van der Waals surface area contributed by atoms with Crippen LogP contribution in [-0.2, 0) is 29.1 Å². The molecular weight excluding hydrogens is 1440 g/mol. The molecule has 0 saturated heterocycles. The lowest BCUT2D eigenvalue weighted by molar-refractivity contribution is 0.660. The first kappa shape index (κ1) is 71.1. The number of rotatable bonds is 11. The highest BCUT2D eigenvalue weighted by atomic mass is 15.0. The van der Waals surface area contributed by atoms with Gasteiger partial charge in [0.25, 0.3) is 0 Å². The van der Waals surface area contributed by atoms with E-state index in [1.165, 1.54) is 156 Å². The van der Waals surface area contributed by atoms with Gasteiger partial charge in [-0.15, -0.1) is 0 Å². The molecule has 5 aliphatic carbocycles. The Morgan fingerprint density at radius 3 is 0.908 bits per heavy atom. The van der Waals surface area contributed by atoms with Crippen LogP contribution in [0.2, 0.25) is 0 Å². The number of fused-ring (bicyclic) bond motifs is 15. The molecule has 6 heteroatoms. The molecule has 0 saturated carbocycles. The van der Waals surface area contributed by atoms with Gasteiger partial charge in [-0.3, -0.25) is 0 Å². The second-order valence-electron chi connectivity index (χ2n) is 33.9. The van der Waals surface area contributed by atoms with Crippen molar-refractivity contribution in [1.82, 2.24) is 29.9 Å². The normalized spacial score (nSPS) is 13.8. The average Bonchev–Trinajstić information content (AvgIpc) is 1.57. The molecule has 0 N–H and O–H groups in total. The number of nitrogens with zero attached hydrogens (tertiary/aromatic N) is 6. The van der Waals surface area contributed by atoms with Gasteiger partial charge in [-0.2, -0.15) is 0 Å². The van der Waals surface area contributed by atoms with E-state index in [9.17, 15) is 0 Å². The van der Waals surface area contributed by atoms with Gasteiger partial charge >= 0.3 is 0 Å². The molecule has 0 spiro atoms. The molecule has 16 aromatic carbocycles. The van der Waals surface area contributed by atoms with Gasteiger partial charge in [-0.05, 0) is 222 Å². The molecule has 6 nitrogen and oxygen atoms in total. The summed E-state index contributed by atoms with van der Waals surface area (Å²) in [6.45, 7) is 14.2. The van der Waals surface area contributed by atoms with E-state index in [-0.39, 0.29) is 16.2 Å². The Kier molecular flexibility index (Phi) is 16.7. The van der Waals surface area contributed by atoms with Crippen molar-refractivity contribution in [2.45, 2.75) is 70.6 Å². The Hall–Kier alpha value is -14.5. The van der Waals surface area contributed by atoms with Crippen molar-refractivity contribution in [3.63, 3.8) is 0 Å². The van der Waals surface area contributed by atoms with Crippen molar-refractivity contribution in [1.29, 1.82) is 0 Å². The van der Waals surface area contributed by atoms with Gasteiger partial charge in [-0.25, -0.2) is 29.9 Å². The Balaban J connectivity index is 0.000000148. The topological polar surface area (TPSA) is 77.3 Å². The number of hydrogen-bond acceptors (Lipinski definition) is 6. The minimum atomic E-state index is -0.104. The molecule has 2 heterocycles. The third-order valence-corrected chi connectivity index (χ3v) is 26.0. The molecule has 0 fully saturated rings. The van der Waals surface area contributed by atoms with E-state index in [1.807, 2.05) is 97.1 Å². The standard InChI is InChI=1S/C64H47N3.C49H35N3/c1-63(2)56-27-13-11-23-48(56)50-31-29-41(36-58(50)63)45-34-52(43-30-32-51-49-24-12-14-28-57(49)64(3,4)59(51)37-43)55-38-54-46(25-16-26-47(54)53(55)35-45)42-21-15-22-44(33-42)62-66-60(39-17-7-5-8-18-39)65-61(67-62)40-19-9-6-10-20-40;1-49(2)43-25-10-9-21-39(43)40-27-26-34(30-44(40)49)37-22-13-24-41-42(37)29-35-19-12-23-38(45(35)41)33-18-11-20-36(28-33)48-51-46(31-14-5-3-6-15-31)50-47(52-48)32-16-7-4-8-17-32/h5-37H,38H2,1-4H3;3-28,30H,29H2,1-2H3. The zero-order valence-corrected chi connectivity index (χ0v) is 67.2. The van der Waals surface area contributed by atoms with Crippen LogP contribution in [0.3, 0.4) is 0 Å². The van der Waals surface area contributed by atoms with Crippen molar-refractivity contribution < 1.29 is 0 Å². The van der Waals surface area contributed by atoms with Crippen molar-refractivity contribution in [3.8, 4) is 180 Å². The minimum absolute atomic E-state index is 0.0384. The van der Waals surface area contributed by atoms with E-state index in [0.29, 0.717) is 34.9 Å². The fourth-order valence-electron chi connectivity index (χ4n) is 19.9. The first-order chi connectivity index (χ1) is 58.2. The van der Waals surface area contributed by atoms with Crippen LogP contribution in [0.1, 0.15) is 97.2 Å². The van der Waals surface area contributed by atoms with Crippen LogP contribution < -0.4 is 0 Å². The predicted octanol–water partition coefficient (Wildman–Crippen LogP) is 28.1. The minimum Gasteiger partial charge on any atom is -0.208 e. The van der Waals surface area contributed by atoms with E-state index in [0.717, 1.165) is 57.3 Å². The van der Waals surface area contributed by atoms with Gasteiger partial charge in [0.1, 0.15) is 0 Å². The van der Waals surface area contributed by atoms with Crippen LogP contribution in [0, 0.1) is 0 Å². The van der Waals surface area contributed by atoms with Crippen LogP contribution in [0.25, 0.3) is 180 Å². The predicted molar refractivity (Wildman–Crippen MR) is 489 cm³/mol. The van der Waals surface area contributed by atoms with Crippen molar-refractivity contribution in [3.05, 3.63) is 420 Å². The van der Waals surface area contributed by atoms with Crippen LogP contribution in [0.15, 0.2) is 364 Å². The molecule has 18 aromatic rings. The van der Waals surface area contributed by atoms with Crippen molar-refractivity contribution in [2.75, 3.05) is 0 Å². The average molecular weight is 1520 g/mol. The fourth-order valence-corrected chi connectivity index (χ4v) is 19.9. The molecule has 5 aliphatic rings. The van der Waals surface area contributed by atoms with Crippen LogP contribution in [-0.4, -0.2) is 29.9 Å². The van der Waals surface area contributed by atoms with Gasteiger partial charge in [0, 0.05) is 49.6 Å². The van der Waals surface area contributed by atoms with E-state index in [4.69, 9.17) is 29.9 Å². The lowest BCUT2D eigenvalue weighted by atomic mass is 9.80. The van der Waals surface area contributed by atoms with Gasteiger partial charge in [0.15, 0.2) is 34.9 Å². The summed E-state index contributed by atoms with van der Waals surface area (Å²) in [5.74, 6) is 3.95. The maximum Gasteiger partial charge on any atom is 0.164 e. The molecule has 0 amide bonds. The van der Waals surface area contributed by atoms with Crippen molar-refractivity contribution in [2.24, 2.45) is 0 Å². The highest BCUT2D eigenvalue weighted by molar-refractivity contribution is 5.98. The maximum absolute atomic E-state index is 5.09. The third kappa shape index (κ3) is 11.9. The number of benzene rings is 16. The Morgan fingerprint density at radius 1 is 0.168 bits per heavy atom. The Labute approximate surface area is 695 Å². The van der Waals surface area contributed by atoms with Crippen LogP contribution in [0.5, 0.6) is 0 Å². The zero-order chi connectivity index (χ0) is 79.8. The highest BCUT2D eigenvalue weighted by Crippen LogP contribution is 2.56. The molecule has 0 atom stereocenters. The molecule has 2 aromatic heterocycles. The monoisotopic (exact) mass is 1520 g/mol. The zero-order valence-electron chi connectivity index (χ0n) is 67.2. The summed E-state index contributed by atoms with van der Waals surface area (Å²) in [4.78, 5) is 30.1. The van der Waals surface area contributed by atoms with E-state index in [1.54, 1.807) is 0 Å².